The smallest absolute Gasteiger partial charge is 0.0619 e. The van der Waals surface area contributed by atoms with E-state index in [1.807, 2.05) is 0 Å². The fourth-order valence-electron chi connectivity index (χ4n) is 6.78. The number of fused-ring (bicyclic) bond motifs is 8. The number of H-pyrrole nitrogens is 1. The summed E-state index contributed by atoms with van der Waals surface area (Å²) >= 11 is 0. The minimum Gasteiger partial charge on any atom is -0.355 e. The summed E-state index contributed by atoms with van der Waals surface area (Å²) in [6.45, 7) is 0. The predicted octanol–water partition coefficient (Wildman–Crippen LogP) is 10.9. The highest BCUT2D eigenvalue weighted by molar-refractivity contribution is 6.22. The molecule has 2 nitrogen and oxygen atoms in total. The molecule has 9 rings (SSSR count). The first-order valence-electron chi connectivity index (χ1n) is 14.5. The molecule has 0 atom stereocenters. The van der Waals surface area contributed by atoms with Gasteiger partial charge in [-0.15, -0.1) is 0 Å². The topological polar surface area (TPSA) is 20.7 Å². The number of aromatic nitrogens is 2. The zero-order chi connectivity index (χ0) is 27.6. The first-order chi connectivity index (χ1) is 20.8. The van der Waals surface area contributed by atoms with Crippen molar-refractivity contribution in [3.8, 4) is 27.9 Å². The molecule has 0 radical (unpaired) electrons. The Kier molecular flexibility index (Phi) is 4.93. The van der Waals surface area contributed by atoms with Crippen molar-refractivity contribution in [3.63, 3.8) is 0 Å². The van der Waals surface area contributed by atoms with Gasteiger partial charge in [-0.1, -0.05) is 109 Å². The quantitative estimate of drug-likeness (QED) is 0.233. The van der Waals surface area contributed by atoms with E-state index >= 15 is 0 Å². The van der Waals surface area contributed by atoms with Crippen LogP contribution in [-0.2, 0) is 0 Å². The van der Waals surface area contributed by atoms with E-state index in [2.05, 4.69) is 161 Å². The Balaban J connectivity index is 1.24. The molecule has 0 saturated carbocycles. The number of rotatable bonds is 3. The Hall–Kier alpha value is -5.60. The first-order valence-corrected chi connectivity index (χ1v) is 14.5. The summed E-state index contributed by atoms with van der Waals surface area (Å²) in [5.41, 5.74) is 10.9. The van der Waals surface area contributed by atoms with Crippen LogP contribution in [0.4, 0.5) is 0 Å². The molecule has 0 saturated heterocycles. The van der Waals surface area contributed by atoms with E-state index in [-0.39, 0.29) is 0 Å². The third-order valence-corrected chi connectivity index (χ3v) is 8.72. The molecule has 0 unspecified atom stereocenters. The molecule has 0 spiro atoms. The van der Waals surface area contributed by atoms with Gasteiger partial charge in [0.25, 0.3) is 0 Å². The number of hydrogen-bond donors (Lipinski definition) is 1. The SMILES string of the molecule is c1ccc(-n2c3ccccc3c3cc(-c4ccc(-c5ccc6[nH]c7ccccc7c6c5)cc4)c4ccccc4c32)cc1. The van der Waals surface area contributed by atoms with Crippen molar-refractivity contribution < 1.29 is 0 Å². The Morgan fingerprint density at radius 3 is 1.83 bits per heavy atom. The van der Waals surface area contributed by atoms with Crippen LogP contribution in [-0.4, -0.2) is 9.55 Å². The molecule has 42 heavy (non-hydrogen) atoms. The highest BCUT2D eigenvalue weighted by atomic mass is 15.0. The van der Waals surface area contributed by atoms with Crippen molar-refractivity contribution in [3.05, 3.63) is 152 Å². The van der Waals surface area contributed by atoms with E-state index in [1.165, 1.54) is 82.3 Å². The number of benzene rings is 7. The van der Waals surface area contributed by atoms with E-state index in [4.69, 9.17) is 0 Å². The minimum atomic E-state index is 1.17. The van der Waals surface area contributed by atoms with Crippen LogP contribution >= 0.6 is 0 Å². The molecular formula is C40H26N2. The van der Waals surface area contributed by atoms with Gasteiger partial charge in [0.1, 0.15) is 0 Å². The molecule has 2 heterocycles. The van der Waals surface area contributed by atoms with Gasteiger partial charge in [-0.2, -0.15) is 0 Å². The van der Waals surface area contributed by atoms with Gasteiger partial charge in [0.2, 0.25) is 0 Å². The summed E-state index contributed by atoms with van der Waals surface area (Å²) in [5.74, 6) is 0. The fraction of sp³-hybridized carbons (Fsp3) is 0. The lowest BCUT2D eigenvalue weighted by Crippen LogP contribution is -1.94. The lowest BCUT2D eigenvalue weighted by atomic mass is 9.93. The number of aromatic amines is 1. The normalized spacial score (nSPS) is 11.8. The average molecular weight is 535 g/mol. The maximum absolute atomic E-state index is 3.54. The van der Waals surface area contributed by atoms with E-state index in [0.29, 0.717) is 0 Å². The second-order valence-electron chi connectivity index (χ2n) is 11.1. The van der Waals surface area contributed by atoms with Gasteiger partial charge in [0.05, 0.1) is 11.0 Å². The van der Waals surface area contributed by atoms with Crippen molar-refractivity contribution in [2.75, 3.05) is 0 Å². The third-order valence-electron chi connectivity index (χ3n) is 8.72. The number of nitrogens with zero attached hydrogens (tertiary/aromatic N) is 1. The van der Waals surface area contributed by atoms with Gasteiger partial charge in [0.15, 0.2) is 0 Å². The maximum Gasteiger partial charge on any atom is 0.0619 e. The van der Waals surface area contributed by atoms with E-state index < -0.39 is 0 Å². The van der Waals surface area contributed by atoms with Crippen LogP contribution in [0.1, 0.15) is 0 Å². The number of nitrogens with one attached hydrogen (secondary N) is 1. The summed E-state index contributed by atoms with van der Waals surface area (Å²) in [7, 11) is 0. The summed E-state index contributed by atoms with van der Waals surface area (Å²) in [6, 6.07) is 55.0. The molecule has 2 heteroatoms. The van der Waals surface area contributed by atoms with E-state index in [0.717, 1.165) is 0 Å². The molecule has 0 amide bonds. The van der Waals surface area contributed by atoms with Crippen molar-refractivity contribution in [1.82, 2.24) is 9.55 Å². The Labute approximate surface area is 243 Å². The Morgan fingerprint density at radius 2 is 1.00 bits per heavy atom. The molecule has 2 aromatic heterocycles. The zero-order valence-corrected chi connectivity index (χ0v) is 22.9. The van der Waals surface area contributed by atoms with Crippen LogP contribution < -0.4 is 0 Å². The van der Waals surface area contributed by atoms with Crippen LogP contribution in [0.15, 0.2) is 152 Å². The third kappa shape index (κ3) is 3.39. The van der Waals surface area contributed by atoms with Gasteiger partial charge in [-0.05, 0) is 70.1 Å². The molecule has 196 valence electrons. The second-order valence-corrected chi connectivity index (χ2v) is 11.1. The molecule has 9 aromatic rings. The molecule has 0 aliphatic carbocycles. The van der Waals surface area contributed by atoms with Crippen LogP contribution in [0, 0.1) is 0 Å². The van der Waals surface area contributed by atoms with Crippen LogP contribution in [0.3, 0.4) is 0 Å². The first kappa shape index (κ1) is 23.1. The Bertz CT molecular complexity index is 2440. The second kappa shape index (κ2) is 8.95. The molecule has 0 aliphatic rings. The molecule has 7 aromatic carbocycles. The van der Waals surface area contributed by atoms with Crippen molar-refractivity contribution >= 4 is 54.4 Å². The lowest BCUT2D eigenvalue weighted by Gasteiger charge is -2.13. The van der Waals surface area contributed by atoms with Crippen LogP contribution in [0.2, 0.25) is 0 Å². The molecule has 1 N–H and O–H groups in total. The highest BCUT2D eigenvalue weighted by Gasteiger charge is 2.17. The predicted molar refractivity (Wildman–Crippen MR) is 179 cm³/mol. The Morgan fingerprint density at radius 1 is 0.381 bits per heavy atom. The van der Waals surface area contributed by atoms with Gasteiger partial charge in [-0.25, -0.2) is 0 Å². The van der Waals surface area contributed by atoms with Crippen molar-refractivity contribution in [1.29, 1.82) is 0 Å². The van der Waals surface area contributed by atoms with E-state index in [9.17, 15) is 0 Å². The molecule has 0 bridgehead atoms. The summed E-state index contributed by atoms with van der Waals surface area (Å²) < 4.78 is 2.42. The summed E-state index contributed by atoms with van der Waals surface area (Å²) in [6.07, 6.45) is 0. The van der Waals surface area contributed by atoms with Gasteiger partial charge in [0, 0.05) is 43.7 Å². The summed E-state index contributed by atoms with van der Waals surface area (Å²) in [4.78, 5) is 3.54. The van der Waals surface area contributed by atoms with Crippen molar-refractivity contribution in [2.24, 2.45) is 0 Å². The highest BCUT2D eigenvalue weighted by Crippen LogP contribution is 2.41. The summed E-state index contributed by atoms with van der Waals surface area (Å²) in [5, 5.41) is 7.60. The molecule has 0 fully saturated rings. The number of para-hydroxylation sites is 3. The van der Waals surface area contributed by atoms with E-state index in [1.54, 1.807) is 0 Å². The van der Waals surface area contributed by atoms with Gasteiger partial charge >= 0.3 is 0 Å². The largest absolute Gasteiger partial charge is 0.355 e. The van der Waals surface area contributed by atoms with Crippen LogP contribution in [0.25, 0.3) is 82.3 Å². The average Bonchev–Trinajstić information content (AvgIpc) is 3.60. The maximum atomic E-state index is 3.54. The van der Waals surface area contributed by atoms with Gasteiger partial charge < -0.3 is 9.55 Å². The zero-order valence-electron chi connectivity index (χ0n) is 22.9. The van der Waals surface area contributed by atoms with Gasteiger partial charge in [-0.3, -0.25) is 0 Å². The lowest BCUT2D eigenvalue weighted by molar-refractivity contribution is 1.19. The molecule has 0 aliphatic heterocycles. The minimum absolute atomic E-state index is 1.17. The van der Waals surface area contributed by atoms with Crippen LogP contribution in [0.5, 0.6) is 0 Å². The molecular weight excluding hydrogens is 508 g/mol. The standard InChI is InChI=1S/C40H26N2/c1-2-10-29(11-3-1)42-39-17-9-7-14-32(39)36-25-34(30-12-4-5-15-33(30)40(36)42)27-20-18-26(19-21-27)28-22-23-38-35(24-28)31-13-6-8-16-37(31)41-38/h1-25,41H. The fourth-order valence-corrected chi connectivity index (χ4v) is 6.78. The number of hydrogen-bond acceptors (Lipinski definition) is 0. The van der Waals surface area contributed by atoms with Crippen molar-refractivity contribution in [2.45, 2.75) is 0 Å². The monoisotopic (exact) mass is 534 g/mol.